The summed E-state index contributed by atoms with van der Waals surface area (Å²) in [6, 6.07) is 11.5. The Morgan fingerprint density at radius 3 is 2.71 bits per heavy atom. The van der Waals surface area contributed by atoms with Gasteiger partial charge in [-0.2, -0.15) is 5.10 Å². The molecule has 0 aliphatic heterocycles. The quantitative estimate of drug-likeness (QED) is 0.785. The molecular weight excluding hydrogens is 320 g/mol. The third kappa shape index (κ3) is 3.65. The summed E-state index contributed by atoms with van der Waals surface area (Å²) in [5.41, 5.74) is 3.00. The maximum Gasteiger partial charge on any atom is 0.259 e. The zero-order valence-corrected chi connectivity index (χ0v) is 14.6. The highest BCUT2D eigenvalue weighted by Crippen LogP contribution is 2.30. The van der Waals surface area contributed by atoms with Gasteiger partial charge in [0.2, 0.25) is 0 Å². The van der Waals surface area contributed by atoms with Crippen molar-refractivity contribution >= 4 is 23.5 Å². The maximum absolute atomic E-state index is 12.5. The highest BCUT2D eigenvalue weighted by Gasteiger charge is 2.14. The van der Waals surface area contributed by atoms with Gasteiger partial charge in [0.15, 0.2) is 5.82 Å². The van der Waals surface area contributed by atoms with E-state index in [-0.39, 0.29) is 5.91 Å². The lowest BCUT2D eigenvalue weighted by molar-refractivity contribution is 0.102. The number of anilines is 1. The molecule has 0 unspecified atom stereocenters. The van der Waals surface area contributed by atoms with E-state index in [2.05, 4.69) is 41.4 Å². The monoisotopic (exact) mass is 338 g/mol. The number of rotatable bonds is 4. The second-order valence-electron chi connectivity index (χ2n) is 5.53. The first-order valence-electron chi connectivity index (χ1n) is 7.54. The molecule has 3 rings (SSSR count). The number of aromatic nitrogens is 3. The van der Waals surface area contributed by atoms with Crippen LogP contribution < -0.4 is 5.32 Å². The van der Waals surface area contributed by atoms with Crippen molar-refractivity contribution in [2.24, 2.45) is 7.05 Å². The fraction of sp³-hybridized carbons (Fsp3) is 0.167. The van der Waals surface area contributed by atoms with Gasteiger partial charge in [-0.05, 0) is 49.2 Å². The Bertz CT molecular complexity index is 888. The summed E-state index contributed by atoms with van der Waals surface area (Å²) in [7, 11) is 1.81. The second-order valence-corrected chi connectivity index (χ2v) is 6.60. The molecule has 0 aliphatic carbocycles. The molecule has 5 nitrogen and oxygen atoms in total. The number of pyridine rings is 1. The molecule has 6 heteroatoms. The third-order valence-electron chi connectivity index (χ3n) is 3.66. The van der Waals surface area contributed by atoms with Crippen molar-refractivity contribution in [3.8, 4) is 0 Å². The Morgan fingerprint density at radius 2 is 2.00 bits per heavy atom. The van der Waals surface area contributed by atoms with Crippen molar-refractivity contribution in [2.75, 3.05) is 5.32 Å². The van der Waals surface area contributed by atoms with Crippen LogP contribution in [0, 0.1) is 13.8 Å². The van der Waals surface area contributed by atoms with Crippen molar-refractivity contribution in [3.05, 3.63) is 65.5 Å². The fourth-order valence-electron chi connectivity index (χ4n) is 2.20. The molecule has 0 saturated heterocycles. The highest BCUT2D eigenvalue weighted by molar-refractivity contribution is 7.99. The van der Waals surface area contributed by atoms with Gasteiger partial charge in [-0.25, -0.2) is 4.98 Å². The van der Waals surface area contributed by atoms with Gasteiger partial charge < -0.3 is 5.32 Å². The molecule has 24 heavy (non-hydrogen) atoms. The molecular formula is C18H18N4OS. The van der Waals surface area contributed by atoms with Crippen LogP contribution in [0.5, 0.6) is 0 Å². The number of nitrogens with zero attached hydrogens (tertiary/aromatic N) is 3. The number of aryl methyl sites for hydroxylation is 3. The average Bonchev–Trinajstić information content (AvgIpc) is 2.96. The number of carbonyl (C=O) groups is 1. The first kappa shape index (κ1) is 16.3. The van der Waals surface area contributed by atoms with Gasteiger partial charge in [0.05, 0.1) is 5.56 Å². The highest BCUT2D eigenvalue weighted by atomic mass is 32.2. The summed E-state index contributed by atoms with van der Waals surface area (Å²) >= 11 is 1.48. The molecule has 1 aromatic carbocycles. The maximum atomic E-state index is 12.5. The summed E-state index contributed by atoms with van der Waals surface area (Å²) in [6.07, 6.45) is 3.48. The minimum Gasteiger partial charge on any atom is -0.305 e. The summed E-state index contributed by atoms with van der Waals surface area (Å²) < 4.78 is 1.64. The summed E-state index contributed by atoms with van der Waals surface area (Å²) in [6.45, 7) is 4.16. The van der Waals surface area contributed by atoms with E-state index in [9.17, 15) is 4.79 Å². The molecule has 0 atom stereocenters. The minimum atomic E-state index is -0.215. The Kier molecular flexibility index (Phi) is 4.66. The predicted octanol–water partition coefficient (Wildman–Crippen LogP) is 3.84. The molecule has 122 valence electrons. The van der Waals surface area contributed by atoms with E-state index in [4.69, 9.17) is 0 Å². The number of hydrogen-bond donors (Lipinski definition) is 1. The molecule has 1 amide bonds. The van der Waals surface area contributed by atoms with Crippen LogP contribution in [0.2, 0.25) is 0 Å². The molecule has 2 aromatic heterocycles. The van der Waals surface area contributed by atoms with Crippen LogP contribution in [0.25, 0.3) is 0 Å². The Morgan fingerprint density at radius 1 is 1.17 bits per heavy atom. The Labute approximate surface area is 145 Å². The average molecular weight is 338 g/mol. The van der Waals surface area contributed by atoms with Crippen LogP contribution in [-0.2, 0) is 7.05 Å². The van der Waals surface area contributed by atoms with Crippen molar-refractivity contribution in [1.29, 1.82) is 0 Å². The molecule has 2 heterocycles. The van der Waals surface area contributed by atoms with Gasteiger partial charge in [0.25, 0.3) is 5.91 Å². The van der Waals surface area contributed by atoms with Crippen LogP contribution in [0.1, 0.15) is 21.5 Å². The minimum absolute atomic E-state index is 0.215. The van der Waals surface area contributed by atoms with Crippen LogP contribution in [0.15, 0.2) is 58.7 Å². The van der Waals surface area contributed by atoms with Crippen molar-refractivity contribution in [1.82, 2.24) is 14.8 Å². The van der Waals surface area contributed by atoms with E-state index in [1.807, 2.05) is 6.07 Å². The van der Waals surface area contributed by atoms with Gasteiger partial charge in [-0.3, -0.25) is 9.48 Å². The summed E-state index contributed by atoms with van der Waals surface area (Å²) in [5.74, 6) is 0.307. The zero-order chi connectivity index (χ0) is 17.1. The first-order chi connectivity index (χ1) is 11.5. The lowest BCUT2D eigenvalue weighted by Crippen LogP contribution is -2.14. The predicted molar refractivity (Wildman–Crippen MR) is 95.4 cm³/mol. The molecule has 1 N–H and O–H groups in total. The molecule has 0 fully saturated rings. The fourth-order valence-corrected chi connectivity index (χ4v) is 3.18. The largest absolute Gasteiger partial charge is 0.305 e. The number of benzene rings is 1. The lowest BCUT2D eigenvalue weighted by atomic mass is 10.1. The van der Waals surface area contributed by atoms with E-state index in [0.29, 0.717) is 16.4 Å². The zero-order valence-electron chi connectivity index (χ0n) is 13.8. The summed E-state index contributed by atoms with van der Waals surface area (Å²) in [4.78, 5) is 18.0. The molecule has 0 spiro atoms. The Hall–Kier alpha value is -2.60. The normalized spacial score (nSPS) is 10.6. The van der Waals surface area contributed by atoms with E-state index in [0.717, 1.165) is 4.90 Å². The van der Waals surface area contributed by atoms with Crippen molar-refractivity contribution < 1.29 is 4.79 Å². The molecule has 0 saturated carbocycles. The molecule has 3 aromatic rings. The number of nitrogens with one attached hydrogen (secondary N) is 1. The van der Waals surface area contributed by atoms with Gasteiger partial charge in [0.1, 0.15) is 5.03 Å². The van der Waals surface area contributed by atoms with E-state index < -0.39 is 0 Å². The van der Waals surface area contributed by atoms with E-state index >= 15 is 0 Å². The molecule has 0 radical (unpaired) electrons. The van der Waals surface area contributed by atoms with Gasteiger partial charge in [-0.15, -0.1) is 0 Å². The van der Waals surface area contributed by atoms with Gasteiger partial charge in [-0.1, -0.05) is 17.8 Å². The van der Waals surface area contributed by atoms with E-state index in [1.165, 1.54) is 22.9 Å². The van der Waals surface area contributed by atoms with E-state index in [1.54, 1.807) is 42.3 Å². The number of carbonyl (C=O) groups excluding carboxylic acids is 1. The smallest absolute Gasteiger partial charge is 0.259 e. The SMILES string of the molecule is Cc1ccc(Sc2ncccc2C(=O)Nc2ccn(C)n2)cc1C. The summed E-state index contributed by atoms with van der Waals surface area (Å²) in [5, 5.41) is 7.65. The second kappa shape index (κ2) is 6.88. The van der Waals surface area contributed by atoms with Crippen LogP contribution >= 0.6 is 11.8 Å². The van der Waals surface area contributed by atoms with Gasteiger partial charge in [0, 0.05) is 30.4 Å². The molecule has 0 bridgehead atoms. The standard InChI is InChI=1S/C18H18N4OS/c1-12-6-7-14(11-13(12)2)24-18-15(5-4-9-19-18)17(23)20-16-8-10-22(3)21-16/h4-11H,1-3H3,(H,20,21,23). The van der Waals surface area contributed by atoms with Gasteiger partial charge >= 0.3 is 0 Å². The lowest BCUT2D eigenvalue weighted by Gasteiger charge is -2.09. The van der Waals surface area contributed by atoms with Crippen molar-refractivity contribution in [3.63, 3.8) is 0 Å². The Balaban J connectivity index is 1.84. The first-order valence-corrected chi connectivity index (χ1v) is 8.36. The number of hydrogen-bond acceptors (Lipinski definition) is 4. The van der Waals surface area contributed by atoms with Crippen molar-refractivity contribution in [2.45, 2.75) is 23.8 Å². The third-order valence-corrected chi connectivity index (χ3v) is 4.67. The topological polar surface area (TPSA) is 59.8 Å². The number of amides is 1. The molecule has 0 aliphatic rings. The van der Waals surface area contributed by atoms with Crippen LogP contribution in [0.3, 0.4) is 0 Å². The van der Waals surface area contributed by atoms with Crippen LogP contribution in [0.4, 0.5) is 5.82 Å². The van der Waals surface area contributed by atoms with Crippen LogP contribution in [-0.4, -0.2) is 20.7 Å².